The molecular weight excluding hydrogens is 329 g/mol. The summed E-state index contributed by atoms with van der Waals surface area (Å²) in [6, 6.07) is 6.75. The van der Waals surface area contributed by atoms with Gasteiger partial charge in [-0.25, -0.2) is 13.1 Å². The second kappa shape index (κ2) is 7.34. The smallest absolute Gasteiger partial charge is 0.399 e. The summed E-state index contributed by atoms with van der Waals surface area (Å²) in [6.07, 6.45) is -7.56. The predicted octanol–water partition coefficient (Wildman–Crippen LogP) is 1.20. The number of halogens is 3. The number of benzene rings is 1. The predicted molar refractivity (Wildman–Crippen MR) is 75.4 cm³/mol. The van der Waals surface area contributed by atoms with Gasteiger partial charge in [-0.15, -0.1) is 11.8 Å². The molecule has 1 unspecified atom stereocenters. The second-order valence-electron chi connectivity index (χ2n) is 4.14. The van der Waals surface area contributed by atoms with Crippen LogP contribution in [0.3, 0.4) is 0 Å². The fourth-order valence-corrected chi connectivity index (χ4v) is 3.56. The zero-order valence-electron chi connectivity index (χ0n) is 10.8. The fraction of sp³-hybridized carbons (Fsp3) is 0.455. The zero-order chi connectivity index (χ0) is 16.1. The molecule has 0 radical (unpaired) electrons. The second-order valence-corrected chi connectivity index (χ2v) is 7.24. The molecule has 0 saturated heterocycles. The van der Waals surface area contributed by atoms with E-state index in [-0.39, 0.29) is 11.5 Å². The number of aliphatic hydroxyl groups is 1. The number of alkyl halides is 3. The minimum Gasteiger partial charge on any atom is -0.399 e. The van der Waals surface area contributed by atoms with Gasteiger partial charge in [0.15, 0.2) is 6.10 Å². The molecule has 0 bridgehead atoms. The molecule has 1 rings (SSSR count). The van der Waals surface area contributed by atoms with Gasteiger partial charge >= 0.3 is 6.18 Å². The van der Waals surface area contributed by atoms with E-state index >= 15 is 0 Å². The molecule has 0 aliphatic heterocycles. The van der Waals surface area contributed by atoms with Crippen molar-refractivity contribution in [3.05, 3.63) is 24.3 Å². The first-order valence-corrected chi connectivity index (χ1v) is 8.44. The van der Waals surface area contributed by atoms with Gasteiger partial charge in [-0.05, 0) is 24.3 Å². The first-order chi connectivity index (χ1) is 9.60. The molecule has 21 heavy (non-hydrogen) atoms. The van der Waals surface area contributed by atoms with Crippen LogP contribution >= 0.6 is 11.8 Å². The van der Waals surface area contributed by atoms with Crippen molar-refractivity contribution in [2.45, 2.75) is 17.2 Å². The Balaban J connectivity index is 2.38. The van der Waals surface area contributed by atoms with Crippen LogP contribution in [0.15, 0.2) is 29.2 Å². The van der Waals surface area contributed by atoms with Crippen LogP contribution in [0, 0.1) is 0 Å². The van der Waals surface area contributed by atoms with Crippen LogP contribution in [-0.2, 0) is 10.0 Å². The number of hydrogen-bond donors (Lipinski definition) is 3. The monoisotopic (exact) mass is 344 g/mol. The van der Waals surface area contributed by atoms with Crippen LogP contribution < -0.4 is 10.5 Å². The summed E-state index contributed by atoms with van der Waals surface area (Å²) in [6.45, 7) is -1.08. The maximum atomic E-state index is 12.0. The molecule has 1 aromatic carbocycles. The summed E-state index contributed by atoms with van der Waals surface area (Å²) in [5.74, 6) is -0.187. The highest BCUT2D eigenvalue weighted by Gasteiger charge is 2.38. The first kappa shape index (κ1) is 18.1. The van der Waals surface area contributed by atoms with E-state index < -0.39 is 28.8 Å². The van der Waals surface area contributed by atoms with Crippen molar-refractivity contribution in [1.82, 2.24) is 4.72 Å². The van der Waals surface area contributed by atoms with E-state index in [0.717, 1.165) is 4.90 Å². The molecule has 0 aromatic heterocycles. The first-order valence-electron chi connectivity index (χ1n) is 5.80. The van der Waals surface area contributed by atoms with Gasteiger partial charge in [-0.3, -0.25) is 0 Å². The third kappa shape index (κ3) is 7.02. The number of sulfonamides is 1. The van der Waals surface area contributed by atoms with Gasteiger partial charge in [0, 0.05) is 22.9 Å². The van der Waals surface area contributed by atoms with Crippen LogP contribution in [-0.4, -0.2) is 43.9 Å². The highest BCUT2D eigenvalue weighted by molar-refractivity contribution is 8.00. The molecule has 4 N–H and O–H groups in total. The maximum absolute atomic E-state index is 12.0. The molecule has 0 fully saturated rings. The molecule has 0 heterocycles. The molecule has 0 aliphatic carbocycles. The van der Waals surface area contributed by atoms with Gasteiger partial charge in [-0.1, -0.05) is 0 Å². The number of hydrogen-bond acceptors (Lipinski definition) is 5. The molecule has 0 saturated carbocycles. The van der Waals surface area contributed by atoms with Gasteiger partial charge in [0.2, 0.25) is 10.0 Å². The Hall–Kier alpha value is -0.970. The van der Waals surface area contributed by atoms with Crippen molar-refractivity contribution in [2.24, 2.45) is 0 Å². The SMILES string of the molecule is Nc1ccc(SCCS(=O)(=O)NCC(O)C(F)(F)F)cc1. The average molecular weight is 344 g/mol. The number of nitrogens with two attached hydrogens (primary N) is 1. The lowest BCUT2D eigenvalue weighted by molar-refractivity contribution is -0.200. The summed E-state index contributed by atoms with van der Waals surface area (Å²) in [5, 5.41) is 8.71. The summed E-state index contributed by atoms with van der Waals surface area (Å²) < 4.78 is 60.8. The Kier molecular flexibility index (Phi) is 6.32. The maximum Gasteiger partial charge on any atom is 0.415 e. The average Bonchev–Trinajstić information content (AvgIpc) is 2.37. The highest BCUT2D eigenvalue weighted by atomic mass is 32.2. The number of rotatable bonds is 7. The lowest BCUT2D eigenvalue weighted by atomic mass is 10.3. The normalized spacial score (nSPS) is 14.1. The van der Waals surface area contributed by atoms with Crippen LogP contribution in [0.4, 0.5) is 18.9 Å². The summed E-state index contributed by atoms with van der Waals surface area (Å²) in [5.41, 5.74) is 6.08. The molecule has 0 amide bonds. The van der Waals surface area contributed by atoms with E-state index in [4.69, 9.17) is 10.8 Å². The summed E-state index contributed by atoms with van der Waals surface area (Å²) in [7, 11) is -3.87. The van der Waals surface area contributed by atoms with Crippen LogP contribution in [0.5, 0.6) is 0 Å². The number of anilines is 1. The van der Waals surface area contributed by atoms with Crippen molar-refractivity contribution in [2.75, 3.05) is 23.8 Å². The van der Waals surface area contributed by atoms with Crippen LogP contribution in [0.2, 0.25) is 0 Å². The molecule has 1 atom stereocenters. The minimum atomic E-state index is -4.85. The van der Waals surface area contributed by atoms with Crippen molar-refractivity contribution in [3.8, 4) is 0 Å². The van der Waals surface area contributed by atoms with Crippen molar-refractivity contribution >= 4 is 27.5 Å². The van der Waals surface area contributed by atoms with E-state index in [9.17, 15) is 21.6 Å². The molecule has 10 heteroatoms. The Bertz CT molecular complexity index is 547. The van der Waals surface area contributed by atoms with Crippen molar-refractivity contribution in [1.29, 1.82) is 0 Å². The minimum absolute atomic E-state index is 0.168. The van der Waals surface area contributed by atoms with Gasteiger partial charge < -0.3 is 10.8 Å². The Labute approximate surface area is 124 Å². The quantitative estimate of drug-likeness (QED) is 0.511. The lowest BCUT2D eigenvalue weighted by Gasteiger charge is -2.15. The van der Waals surface area contributed by atoms with Crippen molar-refractivity contribution < 1.29 is 26.7 Å². The van der Waals surface area contributed by atoms with E-state index in [1.165, 1.54) is 11.8 Å². The third-order valence-electron chi connectivity index (χ3n) is 2.38. The topological polar surface area (TPSA) is 92.4 Å². The molecular formula is C11H15F3N2O3S2. The zero-order valence-corrected chi connectivity index (χ0v) is 12.4. The van der Waals surface area contributed by atoms with E-state index in [1.807, 2.05) is 0 Å². The summed E-state index contributed by atoms with van der Waals surface area (Å²) >= 11 is 1.24. The molecule has 5 nitrogen and oxygen atoms in total. The summed E-state index contributed by atoms with van der Waals surface area (Å²) in [4.78, 5) is 0.801. The van der Waals surface area contributed by atoms with E-state index in [1.54, 1.807) is 29.0 Å². The highest BCUT2D eigenvalue weighted by Crippen LogP contribution is 2.20. The Morgan fingerprint density at radius 1 is 1.29 bits per heavy atom. The molecule has 0 aliphatic rings. The molecule has 120 valence electrons. The Morgan fingerprint density at radius 2 is 1.86 bits per heavy atom. The number of nitrogen functional groups attached to an aromatic ring is 1. The Morgan fingerprint density at radius 3 is 2.38 bits per heavy atom. The number of aliphatic hydroxyl groups excluding tert-OH is 1. The van der Waals surface area contributed by atoms with Gasteiger partial charge in [0.25, 0.3) is 0 Å². The largest absolute Gasteiger partial charge is 0.415 e. The molecule has 0 spiro atoms. The lowest BCUT2D eigenvalue weighted by Crippen LogP contribution is -2.41. The van der Waals surface area contributed by atoms with Gasteiger partial charge in [0.05, 0.1) is 5.75 Å². The van der Waals surface area contributed by atoms with E-state index in [2.05, 4.69) is 0 Å². The van der Waals surface area contributed by atoms with Gasteiger partial charge in [0.1, 0.15) is 0 Å². The number of thioether (sulfide) groups is 1. The van der Waals surface area contributed by atoms with Crippen LogP contribution in [0.25, 0.3) is 0 Å². The number of nitrogens with one attached hydrogen (secondary N) is 1. The van der Waals surface area contributed by atoms with E-state index in [0.29, 0.717) is 5.69 Å². The molecule has 1 aromatic rings. The standard InChI is InChI=1S/C11H15F3N2O3S2/c12-11(13,14)10(17)7-16-21(18,19)6-5-20-9-3-1-8(15)2-4-9/h1-4,10,16-17H,5-7,15H2. The third-order valence-corrected chi connectivity index (χ3v) is 5.00. The van der Waals surface area contributed by atoms with Crippen molar-refractivity contribution in [3.63, 3.8) is 0 Å². The van der Waals surface area contributed by atoms with Gasteiger partial charge in [-0.2, -0.15) is 13.2 Å². The fourth-order valence-electron chi connectivity index (χ4n) is 1.23. The van der Waals surface area contributed by atoms with Crippen LogP contribution in [0.1, 0.15) is 0 Å².